The lowest BCUT2D eigenvalue weighted by Crippen LogP contribution is -2.33. The predicted molar refractivity (Wildman–Crippen MR) is 71.0 cm³/mol. The Labute approximate surface area is 103 Å². The van der Waals surface area contributed by atoms with E-state index in [2.05, 4.69) is 43.6 Å². The number of hydrogen-bond donors (Lipinski definition) is 1. The minimum Gasteiger partial charge on any atom is -0.385 e. The van der Waals surface area contributed by atoms with Crippen LogP contribution >= 0.6 is 11.3 Å². The van der Waals surface area contributed by atoms with E-state index in [1.165, 1.54) is 4.88 Å². The summed E-state index contributed by atoms with van der Waals surface area (Å²) in [4.78, 5) is 1.43. The fraction of sp³-hybridized carbons (Fsp3) is 0.692. The van der Waals surface area contributed by atoms with Gasteiger partial charge in [0.2, 0.25) is 0 Å². The molecule has 1 rings (SSSR count). The van der Waals surface area contributed by atoms with Gasteiger partial charge in [-0.2, -0.15) is 0 Å². The molecule has 0 aromatic carbocycles. The Balaban J connectivity index is 2.52. The van der Waals surface area contributed by atoms with Crippen LogP contribution in [0.2, 0.25) is 0 Å². The number of nitrogens with one attached hydrogen (secondary N) is 1. The van der Waals surface area contributed by atoms with Crippen molar-refractivity contribution in [3.05, 3.63) is 22.4 Å². The average Bonchev–Trinajstić information content (AvgIpc) is 2.75. The van der Waals surface area contributed by atoms with Crippen LogP contribution in [0.1, 0.15) is 38.1 Å². The van der Waals surface area contributed by atoms with Crippen LogP contribution < -0.4 is 5.32 Å². The third-order valence-corrected chi connectivity index (χ3v) is 3.69. The monoisotopic (exact) mass is 241 g/mol. The molecule has 92 valence electrons. The molecule has 0 saturated heterocycles. The molecule has 0 bridgehead atoms. The van der Waals surface area contributed by atoms with E-state index >= 15 is 0 Å². The highest BCUT2D eigenvalue weighted by Gasteiger charge is 2.18. The molecule has 3 heteroatoms. The van der Waals surface area contributed by atoms with Crippen LogP contribution in [-0.4, -0.2) is 19.8 Å². The normalized spacial score (nSPS) is 15.3. The molecule has 1 aromatic rings. The second-order valence-electron chi connectivity index (χ2n) is 4.59. The number of ether oxygens (including phenoxy) is 1. The van der Waals surface area contributed by atoms with E-state index in [0.29, 0.717) is 18.0 Å². The molecular weight excluding hydrogens is 218 g/mol. The quantitative estimate of drug-likeness (QED) is 0.789. The highest BCUT2D eigenvalue weighted by atomic mass is 32.1. The van der Waals surface area contributed by atoms with Gasteiger partial charge in [0, 0.05) is 30.7 Å². The summed E-state index contributed by atoms with van der Waals surface area (Å²) in [6, 6.07) is 5.30. The van der Waals surface area contributed by atoms with E-state index in [-0.39, 0.29) is 0 Å². The predicted octanol–water partition coefficient (Wildman–Crippen LogP) is 3.46. The molecular formula is C13H23NOS. The van der Waals surface area contributed by atoms with E-state index in [9.17, 15) is 0 Å². The Kier molecular flexibility index (Phi) is 6.03. The summed E-state index contributed by atoms with van der Waals surface area (Å²) < 4.78 is 5.11. The van der Waals surface area contributed by atoms with Crippen molar-refractivity contribution in [2.45, 2.75) is 39.3 Å². The molecule has 0 aliphatic heterocycles. The summed E-state index contributed by atoms with van der Waals surface area (Å²) in [5, 5.41) is 5.83. The van der Waals surface area contributed by atoms with Gasteiger partial charge in [-0.05, 0) is 30.7 Å². The van der Waals surface area contributed by atoms with Crippen LogP contribution in [0.15, 0.2) is 17.5 Å². The Morgan fingerprint density at radius 1 is 1.38 bits per heavy atom. The maximum Gasteiger partial charge on any atom is 0.0476 e. The minimum atomic E-state index is 0.465. The average molecular weight is 241 g/mol. The van der Waals surface area contributed by atoms with E-state index in [0.717, 1.165) is 13.0 Å². The standard InChI is InChI=1S/C13H23NOS/c1-10(2)13(12-6-5-9-16-12)14-11(3)7-8-15-4/h5-6,9-11,13-14H,7-8H2,1-4H3. The molecule has 2 nitrogen and oxygen atoms in total. The number of hydrogen-bond acceptors (Lipinski definition) is 3. The zero-order chi connectivity index (χ0) is 12.0. The van der Waals surface area contributed by atoms with Crippen LogP contribution in [0.25, 0.3) is 0 Å². The zero-order valence-electron chi connectivity index (χ0n) is 10.7. The Hall–Kier alpha value is -0.380. The summed E-state index contributed by atoms with van der Waals surface area (Å²) in [5.74, 6) is 0.614. The van der Waals surface area contributed by atoms with Gasteiger partial charge in [-0.1, -0.05) is 19.9 Å². The molecule has 1 aromatic heterocycles. The second-order valence-corrected chi connectivity index (χ2v) is 5.57. The smallest absolute Gasteiger partial charge is 0.0476 e. The minimum absolute atomic E-state index is 0.465. The van der Waals surface area contributed by atoms with Gasteiger partial charge in [-0.15, -0.1) is 11.3 Å². The summed E-state index contributed by atoms with van der Waals surface area (Å²) >= 11 is 1.83. The number of rotatable bonds is 7. The van der Waals surface area contributed by atoms with Crippen LogP contribution in [0.4, 0.5) is 0 Å². The molecule has 2 unspecified atom stereocenters. The fourth-order valence-corrected chi connectivity index (χ4v) is 2.71. The molecule has 0 aliphatic rings. The van der Waals surface area contributed by atoms with Crippen molar-refractivity contribution in [2.75, 3.05) is 13.7 Å². The largest absolute Gasteiger partial charge is 0.385 e. The van der Waals surface area contributed by atoms with Gasteiger partial charge in [0.05, 0.1) is 0 Å². The van der Waals surface area contributed by atoms with E-state index in [1.54, 1.807) is 7.11 Å². The fourth-order valence-electron chi connectivity index (χ4n) is 1.76. The summed E-state index contributed by atoms with van der Waals surface area (Å²) in [7, 11) is 1.76. The Bertz CT molecular complexity index is 271. The van der Waals surface area contributed by atoms with Crippen molar-refractivity contribution in [1.82, 2.24) is 5.32 Å². The van der Waals surface area contributed by atoms with Gasteiger partial charge >= 0.3 is 0 Å². The van der Waals surface area contributed by atoms with Crippen molar-refractivity contribution in [3.8, 4) is 0 Å². The lowest BCUT2D eigenvalue weighted by atomic mass is 10.0. The van der Waals surface area contributed by atoms with E-state index in [4.69, 9.17) is 4.74 Å². The number of thiophene rings is 1. The highest BCUT2D eigenvalue weighted by molar-refractivity contribution is 7.10. The topological polar surface area (TPSA) is 21.3 Å². The molecule has 16 heavy (non-hydrogen) atoms. The van der Waals surface area contributed by atoms with E-state index in [1.807, 2.05) is 11.3 Å². The van der Waals surface area contributed by atoms with Gasteiger partial charge in [-0.25, -0.2) is 0 Å². The van der Waals surface area contributed by atoms with Crippen LogP contribution in [0, 0.1) is 5.92 Å². The lowest BCUT2D eigenvalue weighted by Gasteiger charge is -2.25. The van der Waals surface area contributed by atoms with Crippen molar-refractivity contribution >= 4 is 11.3 Å². The first kappa shape index (κ1) is 13.7. The molecule has 0 radical (unpaired) electrons. The first-order valence-electron chi connectivity index (χ1n) is 5.93. The SMILES string of the molecule is COCCC(C)NC(c1cccs1)C(C)C. The Morgan fingerprint density at radius 2 is 2.12 bits per heavy atom. The third-order valence-electron chi connectivity index (χ3n) is 2.74. The molecule has 1 heterocycles. The molecule has 1 N–H and O–H groups in total. The summed E-state index contributed by atoms with van der Waals surface area (Å²) in [6.45, 7) is 7.58. The molecule has 0 aliphatic carbocycles. The summed E-state index contributed by atoms with van der Waals surface area (Å²) in [6.07, 6.45) is 1.06. The van der Waals surface area contributed by atoms with E-state index < -0.39 is 0 Å². The van der Waals surface area contributed by atoms with Crippen molar-refractivity contribution in [3.63, 3.8) is 0 Å². The van der Waals surface area contributed by atoms with Gasteiger partial charge in [0.25, 0.3) is 0 Å². The molecule has 0 saturated carbocycles. The first-order chi connectivity index (χ1) is 7.65. The van der Waals surface area contributed by atoms with Gasteiger partial charge < -0.3 is 10.1 Å². The van der Waals surface area contributed by atoms with Crippen LogP contribution in [-0.2, 0) is 4.74 Å². The Morgan fingerprint density at radius 3 is 2.62 bits per heavy atom. The van der Waals surface area contributed by atoms with Gasteiger partial charge in [-0.3, -0.25) is 0 Å². The van der Waals surface area contributed by atoms with Crippen LogP contribution in [0.5, 0.6) is 0 Å². The highest BCUT2D eigenvalue weighted by Crippen LogP contribution is 2.26. The molecule has 0 amide bonds. The van der Waals surface area contributed by atoms with Gasteiger partial charge in [0.1, 0.15) is 0 Å². The molecule has 0 fully saturated rings. The van der Waals surface area contributed by atoms with Crippen molar-refractivity contribution in [1.29, 1.82) is 0 Å². The van der Waals surface area contributed by atoms with Crippen molar-refractivity contribution in [2.24, 2.45) is 5.92 Å². The maximum atomic E-state index is 5.11. The maximum absolute atomic E-state index is 5.11. The molecule has 2 atom stereocenters. The second kappa shape index (κ2) is 7.05. The first-order valence-corrected chi connectivity index (χ1v) is 6.81. The third kappa shape index (κ3) is 4.24. The lowest BCUT2D eigenvalue weighted by molar-refractivity contribution is 0.180. The van der Waals surface area contributed by atoms with Crippen molar-refractivity contribution < 1.29 is 4.74 Å². The molecule has 0 spiro atoms. The summed E-state index contributed by atoms with van der Waals surface area (Å²) in [5.41, 5.74) is 0. The van der Waals surface area contributed by atoms with Gasteiger partial charge in [0.15, 0.2) is 0 Å². The van der Waals surface area contributed by atoms with Crippen LogP contribution in [0.3, 0.4) is 0 Å². The number of methoxy groups -OCH3 is 1. The zero-order valence-corrected chi connectivity index (χ0v) is 11.5.